The lowest BCUT2D eigenvalue weighted by atomic mass is 9.42. The number of ether oxygens (including phenoxy) is 3. The molecule has 0 spiro atoms. The molecule has 7 heteroatoms. The van der Waals surface area contributed by atoms with E-state index >= 15 is 0 Å². The summed E-state index contributed by atoms with van der Waals surface area (Å²) in [7, 11) is 0. The van der Waals surface area contributed by atoms with Crippen LogP contribution < -0.4 is 0 Å². The lowest BCUT2D eigenvalue weighted by Gasteiger charge is -2.65. The number of fused-ring (bicyclic) bond motifs is 3. The molecule has 1 aromatic rings. The molecular weight excluding hydrogens is 454 g/mol. The van der Waals surface area contributed by atoms with Crippen molar-refractivity contribution in [1.29, 1.82) is 0 Å². The summed E-state index contributed by atoms with van der Waals surface area (Å²) in [6.45, 7) is 9.75. The molecule has 0 aromatic heterocycles. The first-order valence-corrected chi connectivity index (χ1v) is 12.7. The van der Waals surface area contributed by atoms with Gasteiger partial charge < -0.3 is 19.3 Å². The zero-order valence-electron chi connectivity index (χ0n) is 21.0. The number of hydrogen-bond acceptors (Lipinski definition) is 5. The number of carbonyl (C=O) groups is 1. The maximum absolute atomic E-state index is 13.8. The number of cyclic esters (lactones) is 1. The Balaban J connectivity index is 1.39. The Bertz CT molecular complexity index is 1040. The summed E-state index contributed by atoms with van der Waals surface area (Å²) in [6.07, 6.45) is 4.93. The monoisotopic (exact) mass is 490 g/mol. The summed E-state index contributed by atoms with van der Waals surface area (Å²) in [6, 6.07) is 3.79. The van der Waals surface area contributed by atoms with E-state index in [9.17, 15) is 18.7 Å². The molecule has 1 aromatic carbocycles. The molecule has 0 amide bonds. The molecule has 2 saturated heterocycles. The Hall–Kier alpha value is -1.83. The van der Waals surface area contributed by atoms with E-state index < -0.39 is 30.0 Å². The van der Waals surface area contributed by atoms with E-state index in [1.807, 2.05) is 6.08 Å². The number of aliphatic hydroxyl groups is 1. The second-order valence-corrected chi connectivity index (χ2v) is 12.1. The van der Waals surface area contributed by atoms with Gasteiger partial charge in [0.25, 0.3) is 0 Å². The number of allylic oxidation sites excluding steroid dienone is 1. The summed E-state index contributed by atoms with van der Waals surface area (Å²) in [5.74, 6) is -1.55. The van der Waals surface area contributed by atoms with Crippen LogP contribution in [-0.4, -0.2) is 36.5 Å². The largest absolute Gasteiger partial charge is 0.459 e. The molecule has 192 valence electrons. The van der Waals surface area contributed by atoms with Gasteiger partial charge in [-0.25, -0.2) is 13.6 Å². The minimum absolute atomic E-state index is 0.000931. The van der Waals surface area contributed by atoms with Crippen molar-refractivity contribution in [3.05, 3.63) is 47.0 Å². The number of hydrogen-bond donors (Lipinski definition) is 1. The van der Waals surface area contributed by atoms with E-state index in [-0.39, 0.29) is 29.0 Å². The zero-order valence-corrected chi connectivity index (χ0v) is 21.0. The van der Waals surface area contributed by atoms with E-state index in [4.69, 9.17) is 14.2 Å². The van der Waals surface area contributed by atoms with Gasteiger partial charge in [0.05, 0.1) is 18.3 Å². The van der Waals surface area contributed by atoms with Crippen molar-refractivity contribution >= 4 is 5.97 Å². The van der Waals surface area contributed by atoms with Crippen molar-refractivity contribution in [2.24, 2.45) is 28.1 Å². The van der Waals surface area contributed by atoms with E-state index in [0.29, 0.717) is 36.0 Å². The van der Waals surface area contributed by atoms with Crippen molar-refractivity contribution in [3.63, 3.8) is 0 Å². The van der Waals surface area contributed by atoms with Gasteiger partial charge in [0, 0.05) is 11.0 Å². The highest BCUT2D eigenvalue weighted by atomic mass is 19.2. The molecule has 2 aliphatic carbocycles. The third kappa shape index (κ3) is 4.04. The minimum Gasteiger partial charge on any atom is -0.459 e. The first-order chi connectivity index (χ1) is 16.5. The number of aliphatic hydroxyl groups excluding tert-OH is 1. The molecule has 0 radical (unpaired) electrons. The van der Waals surface area contributed by atoms with Gasteiger partial charge in [0.15, 0.2) is 17.9 Å². The van der Waals surface area contributed by atoms with Gasteiger partial charge in [-0.05, 0) is 66.9 Å². The van der Waals surface area contributed by atoms with Crippen LogP contribution in [0.25, 0.3) is 0 Å². The Morgan fingerprint density at radius 1 is 1.09 bits per heavy atom. The topological polar surface area (TPSA) is 65.0 Å². The van der Waals surface area contributed by atoms with E-state index in [1.54, 1.807) is 0 Å². The number of halogens is 2. The van der Waals surface area contributed by atoms with Gasteiger partial charge in [0.1, 0.15) is 12.7 Å². The van der Waals surface area contributed by atoms with Crippen LogP contribution >= 0.6 is 0 Å². The predicted molar refractivity (Wildman–Crippen MR) is 125 cm³/mol. The van der Waals surface area contributed by atoms with Gasteiger partial charge in [-0.15, -0.1) is 0 Å². The first-order valence-electron chi connectivity index (χ1n) is 12.7. The maximum atomic E-state index is 13.8. The third-order valence-corrected chi connectivity index (χ3v) is 9.68. The van der Waals surface area contributed by atoms with E-state index in [0.717, 1.165) is 37.8 Å². The minimum atomic E-state index is -0.901. The Kier molecular flexibility index (Phi) is 6.13. The molecule has 1 N–H and O–H groups in total. The Morgan fingerprint density at radius 2 is 1.86 bits per heavy atom. The molecule has 7 atom stereocenters. The molecule has 2 aliphatic heterocycles. The molecule has 4 aliphatic rings. The average molecular weight is 491 g/mol. The lowest BCUT2D eigenvalue weighted by Crippen LogP contribution is -2.62. The number of benzene rings is 1. The highest BCUT2D eigenvalue weighted by Gasteiger charge is 2.62. The van der Waals surface area contributed by atoms with Crippen molar-refractivity contribution in [2.75, 3.05) is 13.2 Å². The average Bonchev–Trinajstić information content (AvgIpc) is 3.11. The van der Waals surface area contributed by atoms with Crippen molar-refractivity contribution < 1.29 is 32.9 Å². The van der Waals surface area contributed by atoms with E-state index in [1.165, 1.54) is 6.07 Å². The molecule has 0 bridgehead atoms. The Labute approximate surface area is 205 Å². The normalized spacial score (nSPS) is 41.9. The molecule has 4 fully saturated rings. The van der Waals surface area contributed by atoms with Crippen LogP contribution in [0.3, 0.4) is 0 Å². The van der Waals surface area contributed by atoms with Crippen LogP contribution in [0.4, 0.5) is 8.78 Å². The van der Waals surface area contributed by atoms with Gasteiger partial charge in [0.2, 0.25) is 0 Å². The predicted octanol–water partition coefficient (Wildman–Crippen LogP) is 5.47. The Morgan fingerprint density at radius 3 is 2.54 bits per heavy atom. The molecule has 5 nitrogen and oxygen atoms in total. The van der Waals surface area contributed by atoms with Gasteiger partial charge >= 0.3 is 5.97 Å². The second-order valence-electron chi connectivity index (χ2n) is 12.1. The number of carbonyl (C=O) groups excluding carboxylic acids is 1. The third-order valence-electron chi connectivity index (χ3n) is 9.68. The molecule has 1 unspecified atom stereocenters. The van der Waals surface area contributed by atoms with Crippen LogP contribution in [0, 0.1) is 39.7 Å². The molecule has 2 heterocycles. The van der Waals surface area contributed by atoms with Crippen molar-refractivity contribution in [2.45, 2.75) is 78.3 Å². The molecule has 35 heavy (non-hydrogen) atoms. The summed E-state index contributed by atoms with van der Waals surface area (Å²) < 4.78 is 44.8. The van der Waals surface area contributed by atoms with Crippen LogP contribution in [0.5, 0.6) is 0 Å². The zero-order chi connectivity index (χ0) is 25.2. The van der Waals surface area contributed by atoms with Gasteiger partial charge in [-0.1, -0.05) is 39.8 Å². The standard InChI is InChI=1S/C28H36F2O5/c1-26(2)11-9-22-27(3,21(26)8-6-17-20(31)14-33-24(17)32)12-10-23-28(22,4)15-34-25(35-23)16-5-7-18(29)19(30)13-16/h5-7,13,20-23,25,31H,8-12,14-15H2,1-4H3/b17-6+/t20-,21-,22?,23-,25-,27+,28+/m1/s1. The lowest BCUT2D eigenvalue weighted by molar-refractivity contribution is -0.313. The van der Waals surface area contributed by atoms with Crippen molar-refractivity contribution in [3.8, 4) is 0 Å². The van der Waals surface area contributed by atoms with Crippen LogP contribution in [0.1, 0.15) is 71.7 Å². The molecule has 5 rings (SSSR count). The SMILES string of the molecule is CC1(C)CCC2[C@]3(C)CO[C@@H](c4ccc(F)c(F)c4)O[C@@H]3CC[C@@]2(C)[C@@H]1C/C=C1/C(=O)OC[C@H]1O. The first kappa shape index (κ1) is 24.8. The van der Waals surface area contributed by atoms with Crippen LogP contribution in [0.15, 0.2) is 29.8 Å². The summed E-state index contributed by atoms with van der Waals surface area (Å²) in [5.41, 5.74) is 0.735. The van der Waals surface area contributed by atoms with Crippen molar-refractivity contribution in [1.82, 2.24) is 0 Å². The summed E-state index contributed by atoms with van der Waals surface area (Å²) in [4.78, 5) is 12.1. The number of esters is 1. The summed E-state index contributed by atoms with van der Waals surface area (Å²) in [5, 5.41) is 10.2. The smallest absolute Gasteiger partial charge is 0.336 e. The van der Waals surface area contributed by atoms with Gasteiger partial charge in [-0.3, -0.25) is 0 Å². The molecular formula is C28H36F2O5. The maximum Gasteiger partial charge on any atom is 0.336 e. The fraction of sp³-hybridized carbons (Fsp3) is 0.679. The highest BCUT2D eigenvalue weighted by Crippen LogP contribution is 2.66. The fourth-order valence-electron chi connectivity index (χ4n) is 7.79. The quantitative estimate of drug-likeness (QED) is 0.450. The summed E-state index contributed by atoms with van der Waals surface area (Å²) >= 11 is 0. The highest BCUT2D eigenvalue weighted by molar-refractivity contribution is 5.91. The van der Waals surface area contributed by atoms with Crippen LogP contribution in [-0.2, 0) is 19.0 Å². The van der Waals surface area contributed by atoms with E-state index in [2.05, 4.69) is 27.7 Å². The fourth-order valence-corrected chi connectivity index (χ4v) is 7.79. The van der Waals surface area contributed by atoms with Gasteiger partial charge in [-0.2, -0.15) is 0 Å². The van der Waals surface area contributed by atoms with Crippen LogP contribution in [0.2, 0.25) is 0 Å². The number of rotatable bonds is 3. The molecule has 2 saturated carbocycles. The second kappa shape index (κ2) is 8.63.